The van der Waals surface area contributed by atoms with Gasteiger partial charge in [0, 0.05) is 6.54 Å². The lowest BCUT2D eigenvalue weighted by Crippen LogP contribution is -2.18. The third-order valence-corrected chi connectivity index (χ3v) is 8.62. The molecule has 2 heterocycles. The molecule has 194 valence electrons. The van der Waals surface area contributed by atoms with Gasteiger partial charge in [-0.3, -0.25) is 0 Å². The third-order valence-electron chi connectivity index (χ3n) is 6.39. The maximum absolute atomic E-state index is 12.9. The SMILES string of the molecule is CCCCCCCCCCCCCCCCn1c(CO)nc2nc(Cl)nc(S(=O)(=O)C(C)C)c21. The molecule has 0 aromatic carbocycles. The molecule has 0 aliphatic carbocycles. The summed E-state index contributed by atoms with van der Waals surface area (Å²) in [6, 6.07) is 0. The van der Waals surface area contributed by atoms with E-state index in [1.54, 1.807) is 18.4 Å². The van der Waals surface area contributed by atoms with Gasteiger partial charge in [-0.25, -0.2) is 18.4 Å². The van der Waals surface area contributed by atoms with Crippen LogP contribution in [0.4, 0.5) is 0 Å². The van der Waals surface area contributed by atoms with E-state index >= 15 is 0 Å². The third kappa shape index (κ3) is 8.45. The van der Waals surface area contributed by atoms with Crippen molar-refractivity contribution in [1.82, 2.24) is 19.5 Å². The molecule has 0 radical (unpaired) electrons. The molecule has 7 nitrogen and oxygen atoms in total. The quantitative estimate of drug-likeness (QED) is 0.136. The van der Waals surface area contributed by atoms with Crippen molar-refractivity contribution in [3.63, 3.8) is 0 Å². The number of aliphatic hydroxyl groups excluding tert-OH is 1. The fourth-order valence-electron chi connectivity index (χ4n) is 4.27. The molecule has 0 saturated carbocycles. The van der Waals surface area contributed by atoms with Crippen LogP contribution < -0.4 is 0 Å². The highest BCUT2D eigenvalue weighted by molar-refractivity contribution is 7.92. The number of fused-ring (bicyclic) bond motifs is 1. The number of unbranched alkanes of at least 4 members (excludes halogenated alkanes) is 13. The number of sulfone groups is 1. The molecular weight excluding hydrogens is 472 g/mol. The van der Waals surface area contributed by atoms with Crippen molar-refractivity contribution in [3.05, 3.63) is 11.1 Å². The summed E-state index contributed by atoms with van der Waals surface area (Å²) in [6.45, 7) is 5.74. The van der Waals surface area contributed by atoms with Gasteiger partial charge in [0.15, 0.2) is 20.5 Å². The Morgan fingerprint density at radius 2 is 1.32 bits per heavy atom. The molecule has 9 heteroatoms. The Labute approximate surface area is 210 Å². The van der Waals surface area contributed by atoms with Crippen LogP contribution in [0.1, 0.15) is 116 Å². The first-order valence-corrected chi connectivity index (χ1v) is 15.0. The fraction of sp³-hybridized carbons (Fsp3) is 0.800. The van der Waals surface area contributed by atoms with Gasteiger partial charge < -0.3 is 9.67 Å². The van der Waals surface area contributed by atoms with E-state index in [9.17, 15) is 13.5 Å². The number of nitrogens with zero attached hydrogens (tertiary/aromatic N) is 4. The molecule has 0 saturated heterocycles. The van der Waals surface area contributed by atoms with Crippen LogP contribution in [0, 0.1) is 0 Å². The summed E-state index contributed by atoms with van der Waals surface area (Å²) in [5.74, 6) is 0.390. The summed E-state index contributed by atoms with van der Waals surface area (Å²) < 4.78 is 27.5. The van der Waals surface area contributed by atoms with Gasteiger partial charge >= 0.3 is 0 Å². The van der Waals surface area contributed by atoms with Gasteiger partial charge in [-0.1, -0.05) is 90.4 Å². The van der Waals surface area contributed by atoms with Crippen LogP contribution >= 0.6 is 11.6 Å². The van der Waals surface area contributed by atoms with Crippen LogP contribution in [-0.4, -0.2) is 38.3 Å². The smallest absolute Gasteiger partial charge is 0.225 e. The molecule has 1 N–H and O–H groups in total. The monoisotopic (exact) mass is 514 g/mol. The van der Waals surface area contributed by atoms with Crippen molar-refractivity contribution in [2.45, 2.75) is 134 Å². The molecule has 2 aromatic heterocycles. The van der Waals surface area contributed by atoms with E-state index in [0.717, 1.165) is 19.3 Å². The summed E-state index contributed by atoms with van der Waals surface area (Å²) in [5, 5.41) is 8.89. The molecular formula is C25H43ClN4O3S. The second-order valence-corrected chi connectivity index (χ2v) is 12.3. The maximum atomic E-state index is 12.9. The molecule has 0 fully saturated rings. The second kappa shape index (κ2) is 15.0. The van der Waals surface area contributed by atoms with Crippen LogP contribution in [0.3, 0.4) is 0 Å². The number of rotatable bonds is 18. The Morgan fingerprint density at radius 3 is 1.79 bits per heavy atom. The summed E-state index contributed by atoms with van der Waals surface area (Å²) in [5.41, 5.74) is 0.561. The molecule has 0 unspecified atom stereocenters. The first-order valence-electron chi connectivity index (χ1n) is 13.1. The number of halogens is 1. The van der Waals surface area contributed by atoms with E-state index < -0.39 is 15.1 Å². The normalized spacial score (nSPS) is 12.3. The zero-order valence-electron chi connectivity index (χ0n) is 21.2. The van der Waals surface area contributed by atoms with Gasteiger partial charge in [0.05, 0.1) is 5.25 Å². The van der Waals surface area contributed by atoms with E-state index in [1.165, 1.54) is 70.6 Å². The maximum Gasteiger partial charge on any atom is 0.225 e. The zero-order chi connectivity index (χ0) is 25.0. The van der Waals surface area contributed by atoms with Crippen LogP contribution in [0.15, 0.2) is 5.03 Å². The van der Waals surface area contributed by atoms with E-state index in [1.807, 2.05) is 0 Å². The van der Waals surface area contributed by atoms with Crippen molar-refractivity contribution < 1.29 is 13.5 Å². The average Bonchev–Trinajstić information content (AvgIpc) is 3.15. The van der Waals surface area contributed by atoms with E-state index in [2.05, 4.69) is 21.9 Å². The topological polar surface area (TPSA) is 98.0 Å². The molecule has 2 rings (SSSR count). The predicted molar refractivity (Wildman–Crippen MR) is 139 cm³/mol. The van der Waals surface area contributed by atoms with Gasteiger partial charge in [0.2, 0.25) is 5.28 Å². The summed E-state index contributed by atoms with van der Waals surface area (Å²) >= 11 is 5.98. The molecule has 2 aromatic rings. The van der Waals surface area contributed by atoms with Crippen LogP contribution in [0.25, 0.3) is 11.2 Å². The Morgan fingerprint density at radius 1 is 0.824 bits per heavy atom. The molecule has 0 aliphatic heterocycles. The Kier molecular flexibility index (Phi) is 12.8. The molecule has 0 amide bonds. The van der Waals surface area contributed by atoms with Crippen molar-refractivity contribution in [1.29, 1.82) is 0 Å². The average molecular weight is 515 g/mol. The number of aryl methyl sites for hydroxylation is 1. The van der Waals surface area contributed by atoms with Crippen LogP contribution in [-0.2, 0) is 23.0 Å². The van der Waals surface area contributed by atoms with Gasteiger partial charge in [-0.05, 0) is 31.9 Å². The predicted octanol–water partition coefficient (Wildman–Crippen LogP) is 6.64. The Hall–Kier alpha value is -1.25. The highest BCUT2D eigenvalue weighted by Gasteiger charge is 2.28. The highest BCUT2D eigenvalue weighted by atomic mass is 35.5. The first kappa shape index (κ1) is 29.0. The zero-order valence-corrected chi connectivity index (χ0v) is 22.8. The Bertz CT molecular complexity index is 976. The van der Waals surface area contributed by atoms with Gasteiger partial charge in [0.25, 0.3) is 0 Å². The van der Waals surface area contributed by atoms with Crippen molar-refractivity contribution in [2.24, 2.45) is 0 Å². The molecule has 0 spiro atoms. The molecule has 34 heavy (non-hydrogen) atoms. The number of imidazole rings is 1. The minimum absolute atomic E-state index is 0.102. The Balaban J connectivity index is 1.81. The number of aromatic nitrogens is 4. The van der Waals surface area contributed by atoms with Gasteiger partial charge in [-0.15, -0.1) is 0 Å². The lowest BCUT2D eigenvalue weighted by Gasteiger charge is -2.12. The molecule has 0 aliphatic rings. The van der Waals surface area contributed by atoms with Crippen molar-refractivity contribution >= 4 is 32.6 Å². The van der Waals surface area contributed by atoms with E-state index in [-0.39, 0.29) is 22.6 Å². The van der Waals surface area contributed by atoms with Gasteiger partial charge in [-0.2, -0.15) is 4.98 Å². The first-order chi connectivity index (χ1) is 16.3. The minimum Gasteiger partial charge on any atom is -0.388 e. The minimum atomic E-state index is -3.68. The summed E-state index contributed by atoms with van der Waals surface area (Å²) in [7, 11) is -3.68. The summed E-state index contributed by atoms with van der Waals surface area (Å²) in [4.78, 5) is 12.5. The molecule has 0 bridgehead atoms. The largest absolute Gasteiger partial charge is 0.388 e. The highest BCUT2D eigenvalue weighted by Crippen LogP contribution is 2.27. The number of aliphatic hydroxyl groups is 1. The fourth-order valence-corrected chi connectivity index (χ4v) is 5.62. The second-order valence-electron chi connectivity index (χ2n) is 9.50. The lowest BCUT2D eigenvalue weighted by atomic mass is 10.0. The van der Waals surface area contributed by atoms with Crippen molar-refractivity contribution in [3.8, 4) is 0 Å². The standard InChI is InChI=1S/C25H43ClN4O3S/c1-4-5-6-7-8-9-10-11-12-13-14-15-16-17-18-30-21(19-31)27-23-22(30)24(29-25(26)28-23)34(32,33)20(2)3/h20,31H,4-19H2,1-3H3. The van der Waals surface area contributed by atoms with E-state index in [0.29, 0.717) is 17.9 Å². The van der Waals surface area contributed by atoms with Crippen molar-refractivity contribution in [2.75, 3.05) is 0 Å². The number of hydrogen-bond acceptors (Lipinski definition) is 6. The lowest BCUT2D eigenvalue weighted by molar-refractivity contribution is 0.265. The summed E-state index contributed by atoms with van der Waals surface area (Å²) in [6.07, 6.45) is 17.8. The van der Waals surface area contributed by atoms with E-state index in [4.69, 9.17) is 11.6 Å². The van der Waals surface area contributed by atoms with Gasteiger partial charge in [0.1, 0.15) is 17.9 Å². The molecule has 0 atom stereocenters. The van der Waals surface area contributed by atoms with Crippen LogP contribution in [0.5, 0.6) is 0 Å². The number of hydrogen-bond donors (Lipinski definition) is 1. The van der Waals surface area contributed by atoms with Crippen LogP contribution in [0.2, 0.25) is 5.28 Å².